The first-order valence-corrected chi connectivity index (χ1v) is 17.9. The zero-order chi connectivity index (χ0) is 35.8. The molecule has 0 aliphatic carbocycles. The maximum atomic E-state index is 11.9. The molecule has 266 valence electrons. The van der Waals surface area contributed by atoms with E-state index >= 15 is 0 Å². The molecule has 6 bridgehead atoms. The fraction of sp³-hybridized carbons (Fsp3) is 0.525. The molecule has 0 atom stereocenters. The fourth-order valence-corrected chi connectivity index (χ4v) is 6.17. The van der Waals surface area contributed by atoms with Crippen molar-refractivity contribution in [3.8, 4) is 28.1 Å². The number of rotatable bonds is 3. The van der Waals surface area contributed by atoms with E-state index in [0.29, 0.717) is 17.8 Å². The summed E-state index contributed by atoms with van der Waals surface area (Å²) in [5.41, 5.74) is 6.63. The lowest BCUT2D eigenvalue weighted by molar-refractivity contribution is -0.136. The molecular formula is C40H56N4O5. The predicted molar refractivity (Wildman–Crippen MR) is 198 cm³/mol. The molecule has 0 radical (unpaired) electrons. The lowest BCUT2D eigenvalue weighted by Gasteiger charge is -2.41. The summed E-state index contributed by atoms with van der Waals surface area (Å²) >= 11 is 0. The molecule has 4 aromatic rings. The number of fused-ring (bicyclic) bond motifs is 8. The number of nitrogens with zero attached hydrogens (tertiary/aromatic N) is 4. The van der Waals surface area contributed by atoms with Gasteiger partial charge in [0.25, 0.3) is 0 Å². The Morgan fingerprint density at radius 3 is 2.33 bits per heavy atom. The number of hydrogen-bond donors (Lipinski definition) is 2. The number of aliphatic carboxylic acids is 1. The van der Waals surface area contributed by atoms with Gasteiger partial charge in [-0.1, -0.05) is 45.0 Å². The smallest absolute Gasteiger partial charge is 0.308 e. The molecule has 9 nitrogen and oxygen atoms in total. The van der Waals surface area contributed by atoms with Gasteiger partial charge >= 0.3 is 5.97 Å². The maximum Gasteiger partial charge on any atom is 0.308 e. The van der Waals surface area contributed by atoms with Crippen molar-refractivity contribution in [1.82, 2.24) is 14.6 Å². The SMILES string of the molecule is CC.CC(C)(C)O.CCc1ccc2c(c1)-c1cccc(c1)-c1cc3nc(C)c(CC(=O)O)c(n3n1)N1CCC(C)(CC1)OCCCCCO2. The average molecular weight is 673 g/mol. The molecule has 2 N–H and O–H groups in total. The molecule has 0 saturated carbocycles. The number of ether oxygens (including phenoxy) is 2. The first-order chi connectivity index (χ1) is 23.3. The largest absolute Gasteiger partial charge is 0.493 e. The molecular weight excluding hydrogens is 616 g/mol. The van der Waals surface area contributed by atoms with Crippen molar-refractivity contribution in [2.75, 3.05) is 31.2 Å². The molecule has 0 amide bonds. The molecule has 5 heterocycles. The molecule has 2 aromatic carbocycles. The van der Waals surface area contributed by atoms with Crippen LogP contribution in [0.5, 0.6) is 5.75 Å². The van der Waals surface area contributed by atoms with E-state index in [1.54, 1.807) is 20.8 Å². The predicted octanol–water partition coefficient (Wildman–Crippen LogP) is 8.30. The molecule has 2 aromatic heterocycles. The van der Waals surface area contributed by atoms with Gasteiger partial charge in [0.1, 0.15) is 11.6 Å². The molecule has 1 saturated heterocycles. The van der Waals surface area contributed by atoms with Crippen LogP contribution >= 0.6 is 0 Å². The van der Waals surface area contributed by atoms with Crippen molar-refractivity contribution < 1.29 is 24.5 Å². The van der Waals surface area contributed by atoms with Crippen LogP contribution in [0.1, 0.15) is 97.4 Å². The van der Waals surface area contributed by atoms with Crippen molar-refractivity contribution >= 4 is 17.4 Å². The van der Waals surface area contributed by atoms with Gasteiger partial charge in [-0.15, -0.1) is 0 Å². The number of carboxylic acid groups (broad SMARTS) is 1. The Bertz CT molecular complexity index is 1690. The Labute approximate surface area is 292 Å². The van der Waals surface area contributed by atoms with Crippen LogP contribution in [0.4, 0.5) is 5.82 Å². The van der Waals surface area contributed by atoms with Crippen LogP contribution in [-0.2, 0) is 22.4 Å². The van der Waals surface area contributed by atoms with Gasteiger partial charge in [0.2, 0.25) is 0 Å². The molecule has 3 aliphatic heterocycles. The van der Waals surface area contributed by atoms with E-state index in [4.69, 9.17) is 24.7 Å². The Kier molecular flexibility index (Phi) is 12.9. The Morgan fingerprint density at radius 1 is 0.980 bits per heavy atom. The normalized spacial score (nSPS) is 16.1. The minimum absolute atomic E-state index is 0.102. The second kappa shape index (κ2) is 16.6. The Balaban J connectivity index is 0.000000710. The summed E-state index contributed by atoms with van der Waals surface area (Å²) in [6.45, 7) is 18.4. The van der Waals surface area contributed by atoms with Crippen LogP contribution in [0.15, 0.2) is 48.5 Å². The molecule has 9 heteroatoms. The summed E-state index contributed by atoms with van der Waals surface area (Å²) < 4.78 is 14.6. The highest BCUT2D eigenvalue weighted by molar-refractivity contribution is 5.78. The van der Waals surface area contributed by atoms with E-state index in [0.717, 1.165) is 97.9 Å². The van der Waals surface area contributed by atoms with Gasteiger partial charge in [-0.2, -0.15) is 9.61 Å². The van der Waals surface area contributed by atoms with Gasteiger partial charge in [0, 0.05) is 48.1 Å². The third kappa shape index (κ3) is 10.0. The van der Waals surface area contributed by atoms with Crippen molar-refractivity contribution in [1.29, 1.82) is 0 Å². The zero-order valence-electron chi connectivity index (χ0n) is 30.8. The fourth-order valence-electron chi connectivity index (χ4n) is 6.17. The van der Waals surface area contributed by atoms with E-state index < -0.39 is 11.6 Å². The van der Waals surface area contributed by atoms with Crippen molar-refractivity contribution in [2.24, 2.45) is 0 Å². The summed E-state index contributed by atoms with van der Waals surface area (Å²) in [6, 6.07) is 16.9. The minimum atomic E-state index is -0.875. The molecule has 7 rings (SSSR count). The monoisotopic (exact) mass is 672 g/mol. The van der Waals surface area contributed by atoms with Gasteiger partial charge < -0.3 is 24.6 Å². The zero-order valence-corrected chi connectivity index (χ0v) is 30.8. The Hall–Kier alpha value is -3.95. The number of hydrogen-bond acceptors (Lipinski definition) is 7. The van der Waals surface area contributed by atoms with Crippen LogP contribution < -0.4 is 9.64 Å². The van der Waals surface area contributed by atoms with E-state index in [2.05, 4.69) is 61.2 Å². The number of aliphatic hydroxyl groups is 1. The van der Waals surface area contributed by atoms with Crippen LogP contribution in [0, 0.1) is 6.92 Å². The number of piperidine rings is 1. The van der Waals surface area contributed by atoms with Gasteiger partial charge in [-0.3, -0.25) is 4.79 Å². The third-order valence-electron chi connectivity index (χ3n) is 8.75. The lowest BCUT2D eigenvalue weighted by Crippen LogP contribution is -2.45. The summed E-state index contributed by atoms with van der Waals surface area (Å²) in [5, 5.41) is 23.4. The van der Waals surface area contributed by atoms with Gasteiger partial charge in [0.05, 0.1) is 29.9 Å². The maximum absolute atomic E-state index is 11.9. The number of benzene rings is 2. The van der Waals surface area contributed by atoms with Gasteiger partial charge in [-0.05, 0) is 102 Å². The standard InChI is InChI=1S/C34H40N4O4.C4H10O.C2H6/c1-4-24-11-12-30-28(19-24)25-9-8-10-26(20-25)29-22-31-35-23(2)27(21-32(39)40)33(38(31)36-29)37-15-13-34(3,14-16-37)42-18-7-5-6-17-41-30;1-4(2,3)5;1-2/h8-12,19-20,22H,4-7,13-18,21H2,1-3H3,(H,39,40);5H,1-3H3;1-2H3. The first kappa shape index (κ1) is 37.9. The molecule has 0 unspecified atom stereocenters. The number of aryl methyl sites for hydroxylation is 2. The van der Waals surface area contributed by atoms with Gasteiger partial charge in [0.15, 0.2) is 5.65 Å². The summed E-state index contributed by atoms with van der Waals surface area (Å²) in [5.74, 6) is 0.838. The highest BCUT2D eigenvalue weighted by Crippen LogP contribution is 2.36. The second-order valence-corrected chi connectivity index (χ2v) is 14.0. The van der Waals surface area contributed by atoms with Crippen molar-refractivity contribution in [3.63, 3.8) is 0 Å². The van der Waals surface area contributed by atoms with Crippen LogP contribution in [0.25, 0.3) is 28.0 Å². The number of anilines is 1. The van der Waals surface area contributed by atoms with Crippen molar-refractivity contribution in [2.45, 2.75) is 112 Å². The molecule has 49 heavy (non-hydrogen) atoms. The quantitative estimate of drug-likeness (QED) is 0.224. The van der Waals surface area contributed by atoms with Crippen LogP contribution in [0.2, 0.25) is 0 Å². The molecule has 0 spiro atoms. The topological polar surface area (TPSA) is 109 Å². The number of aromatic nitrogens is 3. The number of carbonyl (C=O) groups is 1. The third-order valence-corrected chi connectivity index (χ3v) is 8.75. The van der Waals surface area contributed by atoms with Crippen LogP contribution in [0.3, 0.4) is 0 Å². The summed E-state index contributed by atoms with van der Waals surface area (Å²) in [7, 11) is 0. The lowest BCUT2D eigenvalue weighted by atomic mass is 9.92. The second-order valence-electron chi connectivity index (χ2n) is 14.0. The summed E-state index contributed by atoms with van der Waals surface area (Å²) in [6.07, 6.45) is 5.58. The van der Waals surface area contributed by atoms with E-state index in [9.17, 15) is 9.90 Å². The van der Waals surface area contributed by atoms with Crippen LogP contribution in [-0.4, -0.2) is 68.3 Å². The van der Waals surface area contributed by atoms with E-state index in [-0.39, 0.29) is 12.0 Å². The average Bonchev–Trinajstić information content (AvgIpc) is 3.48. The highest BCUT2D eigenvalue weighted by Gasteiger charge is 2.33. The highest BCUT2D eigenvalue weighted by atomic mass is 16.5. The van der Waals surface area contributed by atoms with Gasteiger partial charge in [-0.25, -0.2) is 4.98 Å². The minimum Gasteiger partial charge on any atom is -0.493 e. The van der Waals surface area contributed by atoms with E-state index in [1.165, 1.54) is 5.56 Å². The first-order valence-electron chi connectivity index (χ1n) is 17.9. The summed E-state index contributed by atoms with van der Waals surface area (Å²) in [4.78, 5) is 19.0. The molecule has 3 aliphatic rings. The van der Waals surface area contributed by atoms with Crippen molar-refractivity contribution in [3.05, 3.63) is 65.4 Å². The molecule has 1 fully saturated rings. The van der Waals surface area contributed by atoms with E-state index in [1.807, 2.05) is 31.4 Å². The Morgan fingerprint density at radius 2 is 1.65 bits per heavy atom. The number of carboxylic acids is 1.